The molecule has 0 saturated carbocycles. The third kappa shape index (κ3) is 4.24. The molecular weight excluding hydrogens is 304 g/mol. The number of anilines is 1. The number of pyridine rings is 1. The van der Waals surface area contributed by atoms with Crippen LogP contribution in [0.15, 0.2) is 18.3 Å². The molecule has 2 fully saturated rings. The van der Waals surface area contributed by atoms with Gasteiger partial charge in [-0.1, -0.05) is 0 Å². The number of rotatable bonds is 4. The number of amides is 1. The van der Waals surface area contributed by atoms with Crippen molar-refractivity contribution in [3.05, 3.63) is 23.9 Å². The van der Waals surface area contributed by atoms with Crippen molar-refractivity contribution in [1.29, 1.82) is 5.26 Å². The molecule has 2 aliphatic heterocycles. The van der Waals surface area contributed by atoms with Crippen molar-refractivity contribution >= 4 is 11.7 Å². The number of nitriles is 1. The fourth-order valence-corrected chi connectivity index (χ4v) is 3.48. The molecule has 0 unspecified atom stereocenters. The van der Waals surface area contributed by atoms with Crippen molar-refractivity contribution in [3.8, 4) is 6.07 Å². The first-order valence-electron chi connectivity index (χ1n) is 8.73. The normalized spacial score (nSPS) is 19.7. The highest BCUT2D eigenvalue weighted by atomic mass is 16.5. The van der Waals surface area contributed by atoms with Crippen LogP contribution in [-0.4, -0.2) is 43.2 Å². The van der Waals surface area contributed by atoms with Crippen molar-refractivity contribution in [2.24, 2.45) is 5.92 Å². The van der Waals surface area contributed by atoms with E-state index in [4.69, 9.17) is 4.74 Å². The molecule has 0 spiro atoms. The molecule has 1 amide bonds. The van der Waals surface area contributed by atoms with Crippen LogP contribution in [0, 0.1) is 17.2 Å². The number of carbonyl (C=O) groups is 1. The SMILES string of the molecule is N#Cc1cccnc1N1CCC(CC(=O)NC2CCOCC2)CC1. The van der Waals surface area contributed by atoms with Crippen LogP contribution in [0.25, 0.3) is 0 Å². The molecule has 0 aromatic carbocycles. The maximum atomic E-state index is 12.2. The van der Waals surface area contributed by atoms with Crippen LogP contribution in [0.5, 0.6) is 0 Å². The molecule has 0 bridgehead atoms. The number of nitrogens with zero attached hydrogens (tertiary/aromatic N) is 3. The molecule has 2 aliphatic rings. The second kappa shape index (κ2) is 8.11. The van der Waals surface area contributed by atoms with Crippen LogP contribution >= 0.6 is 0 Å². The molecule has 1 aromatic heterocycles. The number of aromatic nitrogens is 1. The zero-order chi connectivity index (χ0) is 16.8. The first-order chi connectivity index (χ1) is 11.8. The van der Waals surface area contributed by atoms with Crippen molar-refractivity contribution in [2.75, 3.05) is 31.2 Å². The Morgan fingerprint density at radius 1 is 1.33 bits per heavy atom. The number of piperidine rings is 1. The summed E-state index contributed by atoms with van der Waals surface area (Å²) in [4.78, 5) is 18.7. The Balaban J connectivity index is 1.46. The van der Waals surface area contributed by atoms with E-state index in [0.717, 1.165) is 57.8 Å². The lowest BCUT2D eigenvalue weighted by molar-refractivity contribution is -0.123. The van der Waals surface area contributed by atoms with E-state index in [1.54, 1.807) is 18.3 Å². The summed E-state index contributed by atoms with van der Waals surface area (Å²) >= 11 is 0. The Labute approximate surface area is 142 Å². The van der Waals surface area contributed by atoms with Gasteiger partial charge in [0.25, 0.3) is 0 Å². The van der Waals surface area contributed by atoms with Crippen LogP contribution in [-0.2, 0) is 9.53 Å². The number of nitrogens with one attached hydrogen (secondary N) is 1. The van der Waals surface area contributed by atoms with E-state index < -0.39 is 0 Å². The van der Waals surface area contributed by atoms with Gasteiger partial charge in [0.2, 0.25) is 5.91 Å². The Bertz CT molecular complexity index is 599. The standard InChI is InChI=1S/C18H24N4O2/c19-13-15-2-1-7-20-18(15)22-8-3-14(4-9-22)12-17(23)21-16-5-10-24-11-6-16/h1-2,7,14,16H,3-6,8-12H2,(H,21,23). The van der Waals surface area contributed by atoms with Crippen LogP contribution in [0.2, 0.25) is 0 Å². The summed E-state index contributed by atoms with van der Waals surface area (Å²) in [6, 6.07) is 6.07. The van der Waals surface area contributed by atoms with Gasteiger partial charge < -0.3 is 15.0 Å². The fourth-order valence-electron chi connectivity index (χ4n) is 3.48. The molecule has 24 heavy (non-hydrogen) atoms. The summed E-state index contributed by atoms with van der Waals surface area (Å²) in [5, 5.41) is 12.3. The summed E-state index contributed by atoms with van der Waals surface area (Å²) in [6.45, 7) is 3.19. The van der Waals surface area contributed by atoms with Crippen molar-refractivity contribution in [1.82, 2.24) is 10.3 Å². The van der Waals surface area contributed by atoms with Gasteiger partial charge in [0, 0.05) is 45.0 Å². The van der Waals surface area contributed by atoms with E-state index in [1.807, 2.05) is 0 Å². The predicted molar refractivity (Wildman–Crippen MR) is 90.5 cm³/mol. The molecule has 3 rings (SSSR count). The molecular formula is C18H24N4O2. The second-order valence-corrected chi connectivity index (χ2v) is 6.58. The topological polar surface area (TPSA) is 78.2 Å². The summed E-state index contributed by atoms with van der Waals surface area (Å²) in [6.07, 6.45) is 6.08. The van der Waals surface area contributed by atoms with E-state index in [-0.39, 0.29) is 11.9 Å². The average molecular weight is 328 g/mol. The number of ether oxygens (including phenoxy) is 1. The van der Waals surface area contributed by atoms with Crippen molar-refractivity contribution in [3.63, 3.8) is 0 Å². The van der Waals surface area contributed by atoms with Gasteiger partial charge in [-0.25, -0.2) is 4.98 Å². The highest BCUT2D eigenvalue weighted by molar-refractivity contribution is 5.76. The first kappa shape index (κ1) is 16.7. The quantitative estimate of drug-likeness (QED) is 0.912. The minimum absolute atomic E-state index is 0.163. The fraction of sp³-hybridized carbons (Fsp3) is 0.611. The third-order valence-electron chi connectivity index (χ3n) is 4.88. The minimum atomic E-state index is 0.163. The molecule has 1 N–H and O–H groups in total. The zero-order valence-corrected chi connectivity index (χ0v) is 13.9. The maximum Gasteiger partial charge on any atom is 0.220 e. The molecule has 128 valence electrons. The van der Waals surface area contributed by atoms with Crippen LogP contribution in [0.3, 0.4) is 0 Å². The molecule has 6 nitrogen and oxygen atoms in total. The highest BCUT2D eigenvalue weighted by Crippen LogP contribution is 2.26. The molecule has 0 radical (unpaired) electrons. The molecule has 0 aliphatic carbocycles. The third-order valence-corrected chi connectivity index (χ3v) is 4.88. The smallest absolute Gasteiger partial charge is 0.220 e. The van der Waals surface area contributed by atoms with Crippen LogP contribution in [0.4, 0.5) is 5.82 Å². The Kier molecular flexibility index (Phi) is 5.65. The summed E-state index contributed by atoms with van der Waals surface area (Å²) in [5.41, 5.74) is 0.619. The summed E-state index contributed by atoms with van der Waals surface area (Å²) < 4.78 is 5.32. The minimum Gasteiger partial charge on any atom is -0.381 e. The second-order valence-electron chi connectivity index (χ2n) is 6.58. The molecule has 2 saturated heterocycles. The van der Waals surface area contributed by atoms with Crippen molar-refractivity contribution < 1.29 is 9.53 Å². The van der Waals surface area contributed by atoms with Gasteiger partial charge in [-0.3, -0.25) is 4.79 Å². The summed E-state index contributed by atoms with van der Waals surface area (Å²) in [5.74, 6) is 1.34. The Morgan fingerprint density at radius 2 is 2.08 bits per heavy atom. The van der Waals surface area contributed by atoms with E-state index in [0.29, 0.717) is 17.9 Å². The Hall–Kier alpha value is -2.13. The molecule has 0 atom stereocenters. The van der Waals surface area contributed by atoms with Crippen molar-refractivity contribution in [2.45, 2.75) is 38.1 Å². The number of hydrogen-bond donors (Lipinski definition) is 1. The monoisotopic (exact) mass is 328 g/mol. The molecule has 3 heterocycles. The van der Waals surface area contributed by atoms with E-state index in [9.17, 15) is 10.1 Å². The predicted octanol–water partition coefficient (Wildman–Crippen LogP) is 1.85. The number of carbonyl (C=O) groups excluding carboxylic acids is 1. The van der Waals surface area contributed by atoms with E-state index >= 15 is 0 Å². The van der Waals surface area contributed by atoms with E-state index in [1.165, 1.54) is 0 Å². The van der Waals surface area contributed by atoms with Gasteiger partial charge in [0.15, 0.2) is 0 Å². The molecule has 6 heteroatoms. The van der Waals surface area contributed by atoms with E-state index in [2.05, 4.69) is 21.3 Å². The molecule has 1 aromatic rings. The first-order valence-corrected chi connectivity index (χ1v) is 8.73. The highest BCUT2D eigenvalue weighted by Gasteiger charge is 2.24. The average Bonchev–Trinajstić information content (AvgIpc) is 2.63. The summed E-state index contributed by atoms with van der Waals surface area (Å²) in [7, 11) is 0. The van der Waals surface area contributed by atoms with Gasteiger partial charge >= 0.3 is 0 Å². The van der Waals surface area contributed by atoms with Gasteiger partial charge in [-0.05, 0) is 43.7 Å². The Morgan fingerprint density at radius 3 is 2.79 bits per heavy atom. The van der Waals surface area contributed by atoms with Gasteiger partial charge in [0.05, 0.1) is 5.56 Å². The van der Waals surface area contributed by atoms with Gasteiger partial charge in [0.1, 0.15) is 11.9 Å². The zero-order valence-electron chi connectivity index (χ0n) is 13.9. The van der Waals surface area contributed by atoms with Gasteiger partial charge in [-0.15, -0.1) is 0 Å². The van der Waals surface area contributed by atoms with Crippen LogP contribution < -0.4 is 10.2 Å². The lowest BCUT2D eigenvalue weighted by atomic mass is 9.92. The largest absolute Gasteiger partial charge is 0.381 e. The van der Waals surface area contributed by atoms with Crippen LogP contribution in [0.1, 0.15) is 37.7 Å². The lowest BCUT2D eigenvalue weighted by Gasteiger charge is -2.33. The lowest BCUT2D eigenvalue weighted by Crippen LogP contribution is -2.41. The van der Waals surface area contributed by atoms with Gasteiger partial charge in [-0.2, -0.15) is 5.26 Å². The number of hydrogen-bond acceptors (Lipinski definition) is 5. The maximum absolute atomic E-state index is 12.2.